The molecule has 5 heterocycles. The van der Waals surface area contributed by atoms with E-state index in [2.05, 4.69) is 39.5 Å². The van der Waals surface area contributed by atoms with E-state index in [1.54, 1.807) is 45.9 Å². The topological polar surface area (TPSA) is 180 Å². The third-order valence-corrected chi connectivity index (χ3v) is 16.3. The minimum atomic E-state index is -6.06. The SMILES string of the molecule is CC1(C)OB(c2cccc(C(O)(C(F)(F)F)C(F)(F)F)c2)OC1(C)C.Cc1ccc(NC(=O)C2(c3ccc4c(c3)OC(F)(F)O4)CC2)nc1-c1cccc(C(O)(C(F)(F)F)C(F)(F)F)c1.Cc1ccc(NC(=O)C2(c3ccc4c(c3)OC(F)(F)O4)CC2)nc1Cl. The van der Waals surface area contributed by atoms with Gasteiger partial charge in [0.15, 0.2) is 23.0 Å². The van der Waals surface area contributed by atoms with Crippen LogP contribution in [0.5, 0.6) is 23.0 Å². The summed E-state index contributed by atoms with van der Waals surface area (Å²) in [5, 5.41) is 24.9. The number of carbonyl (C=O) groups excluding carboxylic acids is 2. The first-order valence-corrected chi connectivity index (χ1v) is 27.0. The van der Waals surface area contributed by atoms with Gasteiger partial charge >= 0.3 is 44.4 Å². The Morgan fingerprint density at radius 1 is 0.511 bits per heavy atom. The summed E-state index contributed by atoms with van der Waals surface area (Å²) >= 11 is 5.97. The van der Waals surface area contributed by atoms with Crippen molar-refractivity contribution in [3.8, 4) is 34.3 Å². The van der Waals surface area contributed by atoms with Crippen molar-refractivity contribution >= 4 is 47.6 Å². The van der Waals surface area contributed by atoms with E-state index in [1.165, 1.54) is 61.5 Å². The molecule has 2 aromatic heterocycles. The van der Waals surface area contributed by atoms with Crippen LogP contribution in [-0.4, -0.2) is 87.6 Å². The number of aliphatic hydroxyl groups is 2. The van der Waals surface area contributed by atoms with Crippen molar-refractivity contribution in [1.29, 1.82) is 0 Å². The molecule has 5 aliphatic rings. The summed E-state index contributed by atoms with van der Waals surface area (Å²) in [6.45, 7) is 10.1. The van der Waals surface area contributed by atoms with Gasteiger partial charge < -0.3 is 49.1 Å². The van der Waals surface area contributed by atoms with Crippen LogP contribution in [0.3, 0.4) is 0 Å². The molecule has 0 radical (unpaired) electrons. The first kappa shape index (κ1) is 66.8. The zero-order valence-corrected chi connectivity index (χ0v) is 48.0. The summed E-state index contributed by atoms with van der Waals surface area (Å²) in [5.74, 6) is -1.08. The van der Waals surface area contributed by atoms with Gasteiger partial charge in [-0.2, -0.15) is 52.7 Å². The summed E-state index contributed by atoms with van der Waals surface area (Å²) in [7, 11) is -1.16. The lowest BCUT2D eigenvalue weighted by atomic mass is 9.76. The third kappa shape index (κ3) is 12.5. The standard InChI is InChI=1S/C26H18F8N2O4.C17H13ClF2N2O3.C15H17BF6O3/c1-13-5-8-19(35-20(13)14-3-2-4-16(11-14)23(38,24(27,28)29)25(30,31)32)36-21(37)22(9-10-22)15-6-7-17-18(12-15)40-26(33,34)39-17;1-9-2-5-13(21-14(9)18)22-15(23)16(6-7-16)10-3-4-11-12(8-10)25-17(19,20)24-11;1-11(2)12(3,4)25-16(24-11)10-7-5-6-9(8-10)13(23,14(17,18)19)15(20,21)22/h2-8,11-12,38H,9-10H2,1H3,(H,35,36,37);2-5,8H,6-7H2,1H3,(H,21,22,23);5-8,23H,1-4H3. The highest BCUT2D eigenvalue weighted by molar-refractivity contribution is 6.62. The predicted molar refractivity (Wildman–Crippen MR) is 287 cm³/mol. The number of benzene rings is 4. The Morgan fingerprint density at radius 2 is 0.900 bits per heavy atom. The quantitative estimate of drug-likeness (QED) is 0.0580. The average Bonchev–Trinajstić information content (AvgIpc) is 1.42. The number of amides is 2. The molecule has 0 atom stereocenters. The van der Waals surface area contributed by atoms with Crippen molar-refractivity contribution in [2.24, 2.45) is 0 Å². The molecule has 14 nitrogen and oxygen atoms in total. The molecule has 11 rings (SSSR count). The molecular formula is C58H48BClF16N4O10. The van der Waals surface area contributed by atoms with Crippen LogP contribution in [0.1, 0.15) is 86.8 Å². The monoisotopic (exact) mass is 1310 g/mol. The van der Waals surface area contributed by atoms with Crippen molar-refractivity contribution in [2.75, 3.05) is 10.6 Å². The second-order valence-electron chi connectivity index (χ2n) is 22.6. The Balaban J connectivity index is 0.000000168. The molecule has 3 aliphatic heterocycles. The molecule has 482 valence electrons. The number of nitrogens with zero attached hydrogens (tertiary/aromatic N) is 2. The van der Waals surface area contributed by atoms with Crippen LogP contribution in [-0.2, 0) is 40.9 Å². The summed E-state index contributed by atoms with van der Waals surface area (Å²) in [4.78, 5) is 34.3. The number of aryl methyl sites for hydroxylation is 2. The molecular weight excluding hydrogens is 1260 g/mol. The van der Waals surface area contributed by atoms with Crippen molar-refractivity contribution in [3.05, 3.63) is 148 Å². The molecule has 32 heteroatoms. The van der Waals surface area contributed by atoms with Crippen LogP contribution >= 0.6 is 11.6 Å². The number of alkyl halides is 16. The van der Waals surface area contributed by atoms with Gasteiger partial charge in [-0.05, 0) is 137 Å². The Labute approximate surface area is 504 Å². The zero-order valence-electron chi connectivity index (χ0n) is 47.3. The van der Waals surface area contributed by atoms with E-state index in [-0.39, 0.29) is 51.4 Å². The lowest BCUT2D eigenvalue weighted by Crippen LogP contribution is -2.54. The molecule has 6 aromatic rings. The maximum absolute atomic E-state index is 13.4. The molecule has 3 fully saturated rings. The van der Waals surface area contributed by atoms with Crippen LogP contribution in [0.25, 0.3) is 11.3 Å². The summed E-state index contributed by atoms with van der Waals surface area (Å²) in [6.07, 6.45) is -29.6. The second-order valence-corrected chi connectivity index (χ2v) is 23.0. The van der Waals surface area contributed by atoms with Crippen molar-refractivity contribution in [2.45, 2.75) is 138 Å². The second kappa shape index (κ2) is 22.4. The van der Waals surface area contributed by atoms with Gasteiger partial charge in [-0.15, -0.1) is 17.6 Å². The fraction of sp³-hybridized carbons (Fsp3) is 0.379. The lowest BCUT2D eigenvalue weighted by molar-refractivity contribution is -0.376. The molecule has 4 aromatic carbocycles. The maximum atomic E-state index is 13.4. The van der Waals surface area contributed by atoms with Gasteiger partial charge in [0.25, 0.3) is 11.2 Å². The van der Waals surface area contributed by atoms with Gasteiger partial charge in [0.2, 0.25) is 11.8 Å². The smallest absolute Gasteiger partial charge is 0.399 e. The lowest BCUT2D eigenvalue weighted by Gasteiger charge is -2.33. The van der Waals surface area contributed by atoms with Gasteiger partial charge in [-0.1, -0.05) is 78.3 Å². The van der Waals surface area contributed by atoms with E-state index in [0.29, 0.717) is 77.6 Å². The van der Waals surface area contributed by atoms with Gasteiger partial charge in [0, 0.05) is 16.7 Å². The fourth-order valence-electron chi connectivity index (χ4n) is 9.73. The van der Waals surface area contributed by atoms with Gasteiger partial charge in [0.05, 0.1) is 27.7 Å². The van der Waals surface area contributed by atoms with E-state index < -0.39 is 94.7 Å². The zero-order chi connectivity index (χ0) is 66.6. The third-order valence-electron chi connectivity index (χ3n) is 15.9. The van der Waals surface area contributed by atoms with Crippen molar-refractivity contribution < 1.29 is 118 Å². The number of nitrogens with one attached hydrogen (secondary N) is 2. The number of hydrogen-bond donors (Lipinski definition) is 4. The van der Waals surface area contributed by atoms with Crippen LogP contribution in [0.2, 0.25) is 5.15 Å². The van der Waals surface area contributed by atoms with E-state index in [0.717, 1.165) is 17.7 Å². The molecule has 0 bridgehead atoms. The first-order chi connectivity index (χ1) is 41.3. The van der Waals surface area contributed by atoms with E-state index in [4.69, 9.17) is 20.9 Å². The van der Waals surface area contributed by atoms with Crippen LogP contribution in [0, 0.1) is 13.8 Å². The van der Waals surface area contributed by atoms with E-state index in [9.17, 15) is 90.0 Å². The Hall–Kier alpha value is -7.61. The normalized spacial score (nSPS) is 18.7. The molecule has 2 aliphatic carbocycles. The highest BCUT2D eigenvalue weighted by Gasteiger charge is 2.73. The maximum Gasteiger partial charge on any atom is 0.586 e. The number of halogens is 17. The summed E-state index contributed by atoms with van der Waals surface area (Å²) in [5.41, 5.74) is -14.6. The number of ether oxygens (including phenoxy) is 4. The first-order valence-electron chi connectivity index (χ1n) is 26.6. The largest absolute Gasteiger partial charge is 0.586 e. The number of carbonyl (C=O) groups is 2. The minimum absolute atomic E-state index is 0.0403. The summed E-state index contributed by atoms with van der Waals surface area (Å²) in [6, 6.07) is 21.2. The highest BCUT2D eigenvalue weighted by Crippen LogP contribution is 2.56. The molecule has 1 saturated heterocycles. The Morgan fingerprint density at radius 3 is 1.31 bits per heavy atom. The minimum Gasteiger partial charge on any atom is -0.399 e. The van der Waals surface area contributed by atoms with E-state index >= 15 is 0 Å². The number of rotatable bonds is 10. The number of pyridine rings is 2. The molecule has 90 heavy (non-hydrogen) atoms. The molecule has 2 saturated carbocycles. The number of hydrogen-bond acceptors (Lipinski definition) is 12. The fourth-order valence-corrected chi connectivity index (χ4v) is 9.88. The van der Waals surface area contributed by atoms with Crippen molar-refractivity contribution in [1.82, 2.24) is 9.97 Å². The van der Waals surface area contributed by atoms with E-state index in [1.807, 2.05) is 6.92 Å². The highest BCUT2D eigenvalue weighted by atomic mass is 35.5. The number of fused-ring (bicyclic) bond motifs is 2. The molecule has 4 N–H and O–H groups in total. The average molecular weight is 1310 g/mol. The molecule has 2 amide bonds. The molecule has 0 spiro atoms. The Kier molecular flexibility index (Phi) is 16.6. The van der Waals surface area contributed by atoms with Crippen LogP contribution in [0.15, 0.2) is 109 Å². The summed E-state index contributed by atoms with van der Waals surface area (Å²) < 4.78 is 240. The van der Waals surface area contributed by atoms with Crippen LogP contribution in [0.4, 0.5) is 81.9 Å². The van der Waals surface area contributed by atoms with Crippen molar-refractivity contribution in [3.63, 3.8) is 0 Å². The number of aromatic nitrogens is 2. The number of anilines is 2. The van der Waals surface area contributed by atoms with Gasteiger partial charge in [-0.25, -0.2) is 9.97 Å². The van der Waals surface area contributed by atoms with Crippen LogP contribution < -0.4 is 35.0 Å². The van der Waals surface area contributed by atoms with Gasteiger partial charge in [0.1, 0.15) is 16.8 Å². The molecule has 0 unspecified atom stereocenters. The predicted octanol–water partition coefficient (Wildman–Crippen LogP) is 13.7. The Bertz CT molecular complexity index is 3740. The van der Waals surface area contributed by atoms with Gasteiger partial charge in [-0.3, -0.25) is 9.59 Å².